The number of hydrogen-bond acceptors (Lipinski definition) is 4. The quantitative estimate of drug-likeness (QED) is 0.597. The highest BCUT2D eigenvalue weighted by atomic mass is 16.5. The molecule has 5 heteroatoms. The van der Waals surface area contributed by atoms with Crippen LogP contribution >= 0.6 is 0 Å². The zero-order valence-corrected chi connectivity index (χ0v) is 9.89. The van der Waals surface area contributed by atoms with Crippen LogP contribution in [0.15, 0.2) is 24.5 Å². The molecule has 0 aliphatic heterocycles. The normalized spacial score (nSPS) is 10.3. The van der Waals surface area contributed by atoms with E-state index < -0.39 is 0 Å². The topological polar surface area (TPSA) is 54.6 Å². The van der Waals surface area contributed by atoms with Gasteiger partial charge in [-0.25, -0.2) is 0 Å². The molecule has 5 nitrogen and oxygen atoms in total. The Morgan fingerprint density at radius 1 is 0.882 bits per heavy atom. The Hall–Kier alpha value is -2.17. The number of pyridine rings is 1. The van der Waals surface area contributed by atoms with Gasteiger partial charge in [0.05, 0.1) is 26.7 Å². The van der Waals surface area contributed by atoms with Gasteiger partial charge in [0.1, 0.15) is 11.5 Å². The first-order valence-corrected chi connectivity index (χ1v) is 5.02. The molecule has 0 bridgehead atoms. The van der Waals surface area contributed by atoms with E-state index in [0.717, 1.165) is 5.39 Å². The summed E-state index contributed by atoms with van der Waals surface area (Å²) in [6.07, 6.45) is 2.80. The average molecular weight is 235 g/mol. The number of benzene rings is 1. The lowest BCUT2D eigenvalue weighted by atomic mass is 10.1. The predicted molar refractivity (Wildman–Crippen MR) is 62.6 cm³/mol. The molecule has 0 aliphatic rings. The number of rotatable bonds is 3. The Bertz CT molecular complexity index is 554. The lowest BCUT2D eigenvalue weighted by Crippen LogP contribution is -2.24. The summed E-state index contributed by atoms with van der Waals surface area (Å²) in [4.78, 5) is 0. The maximum Gasteiger partial charge on any atom is 0.223 e. The molecule has 0 aliphatic carbocycles. The van der Waals surface area contributed by atoms with E-state index in [0.29, 0.717) is 27.4 Å². The molecule has 1 aromatic heterocycles. The summed E-state index contributed by atoms with van der Waals surface area (Å²) < 4.78 is 16.3. The van der Waals surface area contributed by atoms with Gasteiger partial charge in [-0.1, -0.05) is 0 Å². The van der Waals surface area contributed by atoms with Crippen LogP contribution < -0.4 is 18.9 Å². The average Bonchev–Trinajstić information content (AvgIpc) is 2.36. The van der Waals surface area contributed by atoms with Crippen molar-refractivity contribution in [3.8, 4) is 17.2 Å². The zero-order chi connectivity index (χ0) is 12.4. The van der Waals surface area contributed by atoms with Gasteiger partial charge in [0, 0.05) is 11.5 Å². The van der Waals surface area contributed by atoms with Crippen molar-refractivity contribution in [3.05, 3.63) is 29.7 Å². The van der Waals surface area contributed by atoms with Crippen LogP contribution in [0, 0.1) is 5.21 Å². The van der Waals surface area contributed by atoms with E-state index in [9.17, 15) is 5.21 Å². The van der Waals surface area contributed by atoms with Crippen LogP contribution in [0.25, 0.3) is 10.8 Å². The number of hydrogen-bond donors (Lipinski definition) is 0. The maximum atomic E-state index is 11.4. The lowest BCUT2D eigenvalue weighted by Gasteiger charge is -2.10. The molecule has 1 aromatic carbocycles. The van der Waals surface area contributed by atoms with Crippen molar-refractivity contribution in [1.82, 2.24) is 0 Å². The molecular weight excluding hydrogens is 222 g/mol. The summed E-state index contributed by atoms with van der Waals surface area (Å²) in [5.41, 5.74) is 0. The number of methoxy groups -OCH3 is 3. The van der Waals surface area contributed by atoms with Crippen LogP contribution in [0.3, 0.4) is 0 Å². The number of nitrogens with zero attached hydrogens (tertiary/aromatic N) is 1. The fraction of sp³-hybridized carbons (Fsp3) is 0.250. The number of aromatic nitrogens is 1. The van der Waals surface area contributed by atoms with E-state index in [2.05, 4.69) is 0 Å². The highest BCUT2D eigenvalue weighted by Crippen LogP contribution is 2.34. The van der Waals surface area contributed by atoms with E-state index in [4.69, 9.17) is 14.2 Å². The van der Waals surface area contributed by atoms with Gasteiger partial charge < -0.3 is 19.4 Å². The molecule has 0 radical (unpaired) electrons. The summed E-state index contributed by atoms with van der Waals surface area (Å²) in [6, 6.07) is 3.53. The molecule has 0 amide bonds. The molecular formula is C12H13NO4. The number of ether oxygens (including phenoxy) is 3. The second-order valence-electron chi connectivity index (χ2n) is 3.48. The predicted octanol–water partition coefficient (Wildman–Crippen LogP) is 1.50. The van der Waals surface area contributed by atoms with Crippen molar-refractivity contribution in [2.45, 2.75) is 0 Å². The Morgan fingerprint density at radius 2 is 1.59 bits per heavy atom. The van der Waals surface area contributed by atoms with Gasteiger partial charge in [-0.05, 0) is 6.07 Å². The minimum Gasteiger partial charge on any atom is -0.619 e. The van der Waals surface area contributed by atoms with Gasteiger partial charge in [-0.2, -0.15) is 4.73 Å². The van der Waals surface area contributed by atoms with Crippen LogP contribution in [-0.4, -0.2) is 21.3 Å². The molecule has 0 atom stereocenters. The third-order valence-corrected chi connectivity index (χ3v) is 2.56. The summed E-state index contributed by atoms with van der Waals surface area (Å²) in [6.45, 7) is 0. The highest BCUT2D eigenvalue weighted by molar-refractivity contribution is 5.92. The summed E-state index contributed by atoms with van der Waals surface area (Å²) in [5.74, 6) is 1.70. The van der Waals surface area contributed by atoms with Gasteiger partial charge in [-0.15, -0.1) is 0 Å². The molecule has 2 rings (SSSR count). The minimum absolute atomic E-state index is 0.481. The summed E-state index contributed by atoms with van der Waals surface area (Å²) in [7, 11) is 4.63. The van der Waals surface area contributed by atoms with Crippen molar-refractivity contribution in [2.75, 3.05) is 21.3 Å². The molecule has 0 unspecified atom stereocenters. The number of fused-ring (bicyclic) bond motifs is 1. The summed E-state index contributed by atoms with van der Waals surface area (Å²) in [5, 5.41) is 12.9. The standard InChI is InChI=1S/C12H13NO4/c1-15-8-4-9-10(11(5-8)16-2)6-13(14)7-12(9)17-3/h4-7H,1-3H3. The Morgan fingerprint density at radius 3 is 2.18 bits per heavy atom. The van der Waals surface area contributed by atoms with Crippen LogP contribution in [0.5, 0.6) is 17.2 Å². The van der Waals surface area contributed by atoms with E-state index in [1.807, 2.05) is 0 Å². The second-order valence-corrected chi connectivity index (χ2v) is 3.48. The van der Waals surface area contributed by atoms with Gasteiger partial charge in [0.25, 0.3) is 0 Å². The van der Waals surface area contributed by atoms with Crippen molar-refractivity contribution in [1.29, 1.82) is 0 Å². The molecule has 90 valence electrons. The smallest absolute Gasteiger partial charge is 0.223 e. The molecule has 0 fully saturated rings. The maximum absolute atomic E-state index is 11.4. The monoisotopic (exact) mass is 235 g/mol. The first kappa shape index (κ1) is 11.3. The van der Waals surface area contributed by atoms with Gasteiger partial charge in [0.2, 0.25) is 6.20 Å². The highest BCUT2D eigenvalue weighted by Gasteiger charge is 2.13. The van der Waals surface area contributed by atoms with Crippen molar-refractivity contribution >= 4 is 10.8 Å². The summed E-state index contributed by atoms with van der Waals surface area (Å²) >= 11 is 0. The second kappa shape index (κ2) is 4.37. The SMILES string of the molecule is COc1cc(OC)c2c[n+]([O-])cc(OC)c2c1. The van der Waals surface area contributed by atoms with Crippen LogP contribution in [-0.2, 0) is 0 Å². The molecule has 0 N–H and O–H groups in total. The first-order valence-electron chi connectivity index (χ1n) is 5.02. The Balaban J connectivity index is 2.83. The van der Waals surface area contributed by atoms with Crippen molar-refractivity contribution in [2.24, 2.45) is 0 Å². The third-order valence-electron chi connectivity index (χ3n) is 2.56. The van der Waals surface area contributed by atoms with Crippen molar-refractivity contribution in [3.63, 3.8) is 0 Å². The van der Waals surface area contributed by atoms with Crippen LogP contribution in [0.2, 0.25) is 0 Å². The van der Waals surface area contributed by atoms with E-state index >= 15 is 0 Å². The van der Waals surface area contributed by atoms with Gasteiger partial charge >= 0.3 is 0 Å². The van der Waals surface area contributed by atoms with Crippen molar-refractivity contribution < 1.29 is 18.9 Å². The molecule has 2 aromatic rings. The molecule has 0 saturated carbocycles. The van der Waals surface area contributed by atoms with Crippen LogP contribution in [0.1, 0.15) is 0 Å². The molecule has 0 spiro atoms. The van der Waals surface area contributed by atoms with Crippen LogP contribution in [0.4, 0.5) is 0 Å². The fourth-order valence-electron chi connectivity index (χ4n) is 1.74. The van der Waals surface area contributed by atoms with Gasteiger partial charge in [0.15, 0.2) is 11.9 Å². The fourth-order valence-corrected chi connectivity index (χ4v) is 1.74. The van der Waals surface area contributed by atoms with E-state index in [-0.39, 0.29) is 0 Å². The van der Waals surface area contributed by atoms with E-state index in [1.165, 1.54) is 19.5 Å². The minimum atomic E-state index is 0.481. The first-order chi connectivity index (χ1) is 8.19. The third kappa shape index (κ3) is 1.91. The Kier molecular flexibility index (Phi) is 2.91. The molecule has 0 saturated heterocycles. The lowest BCUT2D eigenvalue weighted by molar-refractivity contribution is -0.604. The largest absolute Gasteiger partial charge is 0.619 e. The van der Waals surface area contributed by atoms with Gasteiger partial charge in [-0.3, -0.25) is 0 Å². The molecule has 17 heavy (non-hydrogen) atoms. The Labute approximate surface area is 98.7 Å². The molecule has 1 heterocycles. The zero-order valence-electron chi connectivity index (χ0n) is 9.89. The van der Waals surface area contributed by atoms with E-state index in [1.54, 1.807) is 26.4 Å².